The van der Waals surface area contributed by atoms with Crippen LogP contribution in [0, 0.1) is 5.41 Å². The van der Waals surface area contributed by atoms with Crippen LogP contribution in [0.3, 0.4) is 0 Å². The van der Waals surface area contributed by atoms with E-state index in [-0.39, 0.29) is 6.61 Å². The van der Waals surface area contributed by atoms with Gasteiger partial charge in [-0.15, -0.1) is 0 Å². The highest BCUT2D eigenvalue weighted by atomic mass is 79.9. The van der Waals surface area contributed by atoms with E-state index in [1.807, 2.05) is 0 Å². The van der Waals surface area contributed by atoms with Crippen LogP contribution >= 0.6 is 15.9 Å². The average molecular weight is 211 g/mol. The number of carboxylic acid groups (broad SMARTS) is 1. The number of carboxylic acids is 1. The summed E-state index contributed by atoms with van der Waals surface area (Å²) in [5.41, 5.74) is -0.405. The van der Waals surface area contributed by atoms with Gasteiger partial charge < -0.3 is 9.84 Å². The van der Waals surface area contributed by atoms with Crippen LogP contribution in [0.1, 0.15) is 13.8 Å². The van der Waals surface area contributed by atoms with Crippen molar-refractivity contribution in [2.24, 2.45) is 5.41 Å². The van der Waals surface area contributed by atoms with Crippen LogP contribution in [-0.2, 0) is 9.53 Å². The van der Waals surface area contributed by atoms with Gasteiger partial charge in [0.05, 0.1) is 12.0 Å². The van der Waals surface area contributed by atoms with Crippen LogP contribution in [0.15, 0.2) is 0 Å². The van der Waals surface area contributed by atoms with E-state index < -0.39 is 11.4 Å². The van der Waals surface area contributed by atoms with Crippen molar-refractivity contribution in [2.45, 2.75) is 13.8 Å². The molecule has 3 nitrogen and oxygen atoms in total. The Morgan fingerprint density at radius 3 is 2.50 bits per heavy atom. The molecule has 0 fully saturated rings. The van der Waals surface area contributed by atoms with Gasteiger partial charge in [0.2, 0.25) is 0 Å². The molecule has 0 unspecified atom stereocenters. The summed E-state index contributed by atoms with van der Waals surface area (Å²) >= 11 is 3.04. The lowest BCUT2D eigenvalue weighted by molar-refractivity contribution is -0.149. The minimum absolute atomic E-state index is 0.230. The number of carbonyl (C=O) groups is 1. The molecule has 0 rings (SSSR count). The molecule has 0 atom stereocenters. The van der Waals surface area contributed by atoms with Crippen molar-refractivity contribution in [3.05, 3.63) is 0 Å². The Morgan fingerprint density at radius 1 is 1.70 bits per heavy atom. The molecule has 0 radical (unpaired) electrons. The van der Waals surface area contributed by atoms with Gasteiger partial charge in [0.15, 0.2) is 0 Å². The maximum atomic E-state index is 10.4. The fourth-order valence-corrected chi connectivity index (χ4v) is 0.517. The van der Waals surface area contributed by atoms with Crippen LogP contribution in [0.5, 0.6) is 0 Å². The summed E-state index contributed by atoms with van der Waals surface area (Å²) in [5.74, 6) is -0.839. The smallest absolute Gasteiger partial charge is 0.311 e. The maximum absolute atomic E-state index is 10.4. The zero-order valence-electron chi connectivity index (χ0n) is 6.06. The Bertz CT molecular complexity index is 122. The molecular weight excluding hydrogens is 200 g/mol. The normalized spacial score (nSPS) is 11.5. The van der Waals surface area contributed by atoms with Crippen molar-refractivity contribution in [1.82, 2.24) is 0 Å². The first-order valence-corrected chi connectivity index (χ1v) is 4.00. The highest BCUT2D eigenvalue weighted by Gasteiger charge is 2.26. The zero-order valence-corrected chi connectivity index (χ0v) is 7.64. The Kier molecular flexibility index (Phi) is 3.89. The first-order chi connectivity index (χ1) is 4.50. The van der Waals surface area contributed by atoms with Gasteiger partial charge in [0, 0.05) is 0 Å². The highest BCUT2D eigenvalue weighted by Crippen LogP contribution is 2.15. The fraction of sp³-hybridized carbons (Fsp3) is 0.833. The van der Waals surface area contributed by atoms with Crippen LogP contribution in [0.25, 0.3) is 0 Å². The minimum Gasteiger partial charge on any atom is -0.481 e. The largest absolute Gasteiger partial charge is 0.481 e. The lowest BCUT2D eigenvalue weighted by Crippen LogP contribution is -2.28. The van der Waals surface area contributed by atoms with Gasteiger partial charge in [-0.1, -0.05) is 15.9 Å². The Balaban J connectivity index is 3.75. The fourth-order valence-electron chi connectivity index (χ4n) is 0.355. The monoisotopic (exact) mass is 210 g/mol. The van der Waals surface area contributed by atoms with Crippen LogP contribution in [-0.4, -0.2) is 23.2 Å². The Hall–Kier alpha value is -0.0900. The van der Waals surface area contributed by atoms with E-state index in [0.717, 1.165) is 0 Å². The Labute approximate surface area is 68.5 Å². The topological polar surface area (TPSA) is 46.5 Å². The number of halogens is 1. The summed E-state index contributed by atoms with van der Waals surface area (Å²) in [6.45, 7) is 3.48. The molecule has 0 heterocycles. The minimum atomic E-state index is -0.839. The molecule has 0 aliphatic heterocycles. The van der Waals surface area contributed by atoms with Crippen molar-refractivity contribution in [3.8, 4) is 0 Å². The van der Waals surface area contributed by atoms with Crippen molar-refractivity contribution in [1.29, 1.82) is 0 Å². The third kappa shape index (κ3) is 3.17. The number of alkyl halides is 1. The predicted molar refractivity (Wildman–Crippen MR) is 41.2 cm³/mol. The predicted octanol–water partition coefficient (Wildman–Crippen LogP) is 1.47. The van der Waals surface area contributed by atoms with E-state index in [1.54, 1.807) is 13.8 Å². The molecule has 0 aromatic heterocycles. The summed E-state index contributed by atoms with van der Waals surface area (Å²) in [5, 5.41) is 8.57. The second-order valence-corrected chi connectivity index (χ2v) is 3.10. The summed E-state index contributed by atoms with van der Waals surface area (Å²) in [4.78, 5) is 10.4. The zero-order chi connectivity index (χ0) is 8.20. The van der Waals surface area contributed by atoms with Crippen LogP contribution in [0.2, 0.25) is 0 Å². The van der Waals surface area contributed by atoms with Gasteiger partial charge in [-0.25, -0.2) is 0 Å². The average Bonchev–Trinajstić information content (AvgIpc) is 1.84. The van der Waals surface area contributed by atoms with Crippen LogP contribution < -0.4 is 0 Å². The van der Waals surface area contributed by atoms with Crippen molar-refractivity contribution < 1.29 is 14.6 Å². The molecule has 0 aliphatic rings. The molecule has 1 N–H and O–H groups in total. The third-order valence-corrected chi connectivity index (χ3v) is 1.44. The number of aliphatic carboxylic acids is 1. The second-order valence-electron chi connectivity index (χ2n) is 2.65. The molecule has 0 saturated carbocycles. The van der Waals surface area contributed by atoms with Crippen molar-refractivity contribution in [3.63, 3.8) is 0 Å². The lowest BCUT2D eigenvalue weighted by Gasteiger charge is -2.17. The summed E-state index contributed by atoms with van der Waals surface area (Å²) in [7, 11) is 0. The van der Waals surface area contributed by atoms with E-state index in [4.69, 9.17) is 9.84 Å². The molecule has 0 aliphatic carbocycles. The van der Waals surface area contributed by atoms with Gasteiger partial charge >= 0.3 is 5.97 Å². The molecule has 0 saturated heterocycles. The van der Waals surface area contributed by atoms with Gasteiger partial charge in [-0.2, -0.15) is 0 Å². The first-order valence-electron chi connectivity index (χ1n) is 2.88. The molecule has 10 heavy (non-hydrogen) atoms. The quantitative estimate of drug-likeness (QED) is 0.716. The molecular formula is C6H11BrO3. The molecule has 0 aromatic carbocycles. The van der Waals surface area contributed by atoms with Gasteiger partial charge in [0.25, 0.3) is 0 Å². The first kappa shape index (κ1) is 9.91. The van der Waals surface area contributed by atoms with Crippen molar-refractivity contribution >= 4 is 21.9 Å². The van der Waals surface area contributed by atoms with E-state index in [2.05, 4.69) is 15.9 Å². The van der Waals surface area contributed by atoms with E-state index in [0.29, 0.717) is 5.52 Å². The van der Waals surface area contributed by atoms with Crippen LogP contribution in [0.4, 0.5) is 0 Å². The molecule has 0 aromatic rings. The van der Waals surface area contributed by atoms with Crippen molar-refractivity contribution in [2.75, 3.05) is 12.1 Å². The summed E-state index contributed by atoms with van der Waals surface area (Å²) in [6, 6.07) is 0. The van der Waals surface area contributed by atoms with Gasteiger partial charge in [0.1, 0.15) is 5.52 Å². The maximum Gasteiger partial charge on any atom is 0.311 e. The standard InChI is InChI=1S/C6H11BrO3/c1-6(2,5(8)9)3-10-4-7/h3-4H2,1-2H3,(H,8,9). The number of hydrogen-bond donors (Lipinski definition) is 1. The highest BCUT2D eigenvalue weighted by molar-refractivity contribution is 9.09. The van der Waals surface area contributed by atoms with Gasteiger partial charge in [-0.05, 0) is 13.8 Å². The molecule has 60 valence electrons. The Morgan fingerprint density at radius 2 is 2.20 bits per heavy atom. The summed E-state index contributed by atoms with van der Waals surface area (Å²) < 4.78 is 4.90. The van der Waals surface area contributed by atoms with E-state index in [1.165, 1.54) is 0 Å². The van der Waals surface area contributed by atoms with E-state index >= 15 is 0 Å². The number of rotatable bonds is 4. The molecule has 0 amide bonds. The van der Waals surface area contributed by atoms with Gasteiger partial charge in [-0.3, -0.25) is 4.79 Å². The number of ether oxygens (including phenoxy) is 1. The lowest BCUT2D eigenvalue weighted by atomic mass is 9.96. The van der Waals surface area contributed by atoms with E-state index in [9.17, 15) is 4.79 Å². The molecule has 0 spiro atoms. The second kappa shape index (κ2) is 3.93. The molecule has 4 heteroatoms. The number of hydrogen-bond acceptors (Lipinski definition) is 2. The SMILES string of the molecule is CC(C)(COCBr)C(=O)O. The molecule has 0 bridgehead atoms. The third-order valence-electron chi connectivity index (χ3n) is 1.12. The summed E-state index contributed by atoms with van der Waals surface area (Å²) in [6.07, 6.45) is 0.